The minimum atomic E-state index is -0.643. The smallest absolute Gasteiger partial charge is 0.0715 e. The highest BCUT2D eigenvalue weighted by atomic mass is 15.1. The van der Waals surface area contributed by atoms with Crippen LogP contribution in [0, 0.1) is 13.8 Å². The Balaban J connectivity index is 1.30. The van der Waals surface area contributed by atoms with E-state index in [1.807, 2.05) is 0 Å². The van der Waals surface area contributed by atoms with Crippen LogP contribution < -0.4 is 9.80 Å². The molecule has 9 aromatic carbocycles. The Morgan fingerprint density at radius 3 is 1.23 bits per heavy atom. The van der Waals surface area contributed by atoms with Crippen molar-refractivity contribution in [3.05, 3.63) is 252 Å². The Labute approximate surface area is 335 Å². The lowest BCUT2D eigenvalue weighted by atomic mass is 9.67. The second kappa shape index (κ2) is 14.2. The molecule has 0 heterocycles. The lowest BCUT2D eigenvalue weighted by Crippen LogP contribution is -2.29. The molecule has 0 aromatic heterocycles. The minimum Gasteiger partial charge on any atom is -0.310 e. The van der Waals surface area contributed by atoms with Crippen molar-refractivity contribution in [1.29, 1.82) is 0 Å². The van der Waals surface area contributed by atoms with Crippen molar-refractivity contribution in [3.63, 3.8) is 0 Å². The molecule has 9 aromatic rings. The lowest BCUT2D eigenvalue weighted by Gasteiger charge is -2.36. The molecule has 272 valence electrons. The third-order valence-electron chi connectivity index (χ3n) is 11.6. The van der Waals surface area contributed by atoms with Gasteiger partial charge in [-0.1, -0.05) is 151 Å². The molecule has 0 unspecified atom stereocenters. The van der Waals surface area contributed by atoms with Gasteiger partial charge < -0.3 is 9.80 Å². The Hall–Kier alpha value is -7.16. The maximum Gasteiger partial charge on any atom is 0.0715 e. The first-order valence-corrected chi connectivity index (χ1v) is 19.8. The number of hydrogen-bond acceptors (Lipinski definition) is 2. The average Bonchev–Trinajstić information content (AvgIpc) is 3.55. The summed E-state index contributed by atoms with van der Waals surface area (Å²) in [5.74, 6) is 0. The number of nitrogens with zero attached hydrogens (tertiary/aromatic N) is 2. The topological polar surface area (TPSA) is 6.48 Å². The van der Waals surface area contributed by atoms with E-state index in [2.05, 4.69) is 242 Å². The molecule has 0 saturated heterocycles. The molecule has 57 heavy (non-hydrogen) atoms. The van der Waals surface area contributed by atoms with Crippen molar-refractivity contribution in [2.45, 2.75) is 19.3 Å². The van der Waals surface area contributed by atoms with Crippen molar-refractivity contribution in [2.75, 3.05) is 9.80 Å². The maximum absolute atomic E-state index is 2.48. The molecule has 0 atom stereocenters. The lowest BCUT2D eigenvalue weighted by molar-refractivity contribution is 0.767. The van der Waals surface area contributed by atoms with Crippen LogP contribution in [0.3, 0.4) is 0 Å². The van der Waals surface area contributed by atoms with Gasteiger partial charge in [-0.3, -0.25) is 0 Å². The summed E-state index contributed by atoms with van der Waals surface area (Å²) in [6.45, 7) is 4.50. The molecule has 0 amide bonds. The van der Waals surface area contributed by atoms with E-state index in [0.717, 1.165) is 34.1 Å². The molecule has 0 spiro atoms. The van der Waals surface area contributed by atoms with Gasteiger partial charge in [-0.05, 0) is 136 Å². The fourth-order valence-corrected chi connectivity index (χ4v) is 9.22. The zero-order valence-corrected chi connectivity index (χ0v) is 32.2. The predicted octanol–water partition coefficient (Wildman–Crippen LogP) is 14.8. The molecule has 1 aliphatic rings. The van der Waals surface area contributed by atoms with Gasteiger partial charge in [0.1, 0.15) is 0 Å². The van der Waals surface area contributed by atoms with Crippen LogP contribution in [0.4, 0.5) is 34.1 Å². The number of rotatable bonds is 8. The summed E-state index contributed by atoms with van der Waals surface area (Å²) in [4.78, 5) is 4.75. The van der Waals surface area contributed by atoms with Crippen molar-refractivity contribution < 1.29 is 0 Å². The fourth-order valence-electron chi connectivity index (χ4n) is 9.22. The molecule has 2 nitrogen and oxygen atoms in total. The molecule has 0 fully saturated rings. The Kier molecular flexibility index (Phi) is 8.53. The molecular weight excluding hydrogens is 689 g/mol. The summed E-state index contributed by atoms with van der Waals surface area (Å²) >= 11 is 0. The van der Waals surface area contributed by atoms with E-state index in [4.69, 9.17) is 0 Å². The van der Waals surface area contributed by atoms with E-state index in [-0.39, 0.29) is 0 Å². The van der Waals surface area contributed by atoms with Crippen LogP contribution in [-0.2, 0) is 5.41 Å². The van der Waals surface area contributed by atoms with Crippen LogP contribution in [0.5, 0.6) is 0 Å². The summed E-state index contributed by atoms with van der Waals surface area (Å²) in [5, 5.41) is 2.58. The SMILES string of the molecule is Cc1ccc2c(c1)C(c1cccc(N(c3ccccc3)c3ccccc3)c1)(c1cccc(N(c3ccccc3)c3ccccc3)c1)c1cc(C)c3ccccc3c1-2. The van der Waals surface area contributed by atoms with E-state index >= 15 is 0 Å². The van der Waals surface area contributed by atoms with E-state index in [1.165, 1.54) is 55.3 Å². The Morgan fingerprint density at radius 1 is 0.333 bits per heavy atom. The van der Waals surface area contributed by atoms with Gasteiger partial charge in [-0.15, -0.1) is 0 Å². The van der Waals surface area contributed by atoms with Crippen molar-refractivity contribution in [2.24, 2.45) is 0 Å². The molecule has 0 radical (unpaired) electrons. The zero-order valence-electron chi connectivity index (χ0n) is 32.2. The van der Waals surface area contributed by atoms with Crippen molar-refractivity contribution >= 4 is 44.9 Å². The standard InChI is InChI=1S/C55H42N2/c1-39-33-34-51-52(35-39)55(53-36-40(2)49-31-15-16-32-50(49)54(51)53,41-19-17-29-47(37-41)56(43-21-7-3-8-22-43)44-23-9-4-10-24-44)42-20-18-30-48(38-42)57(45-25-11-5-12-26-45)46-27-13-6-14-28-46/h3-38H,1-2H3. The quantitative estimate of drug-likeness (QED) is 0.154. The molecule has 0 N–H and O–H groups in total. The number of para-hydroxylation sites is 4. The molecule has 1 aliphatic carbocycles. The van der Waals surface area contributed by atoms with E-state index < -0.39 is 5.41 Å². The van der Waals surface area contributed by atoms with Gasteiger partial charge in [0.25, 0.3) is 0 Å². The summed E-state index contributed by atoms with van der Waals surface area (Å²) in [6, 6.07) is 79.9. The third-order valence-corrected chi connectivity index (χ3v) is 11.6. The zero-order chi connectivity index (χ0) is 38.3. The van der Waals surface area contributed by atoms with Crippen LogP contribution in [0.1, 0.15) is 33.4 Å². The number of benzene rings is 9. The van der Waals surface area contributed by atoms with E-state index in [9.17, 15) is 0 Å². The summed E-state index contributed by atoms with van der Waals surface area (Å²) in [6.07, 6.45) is 0. The van der Waals surface area contributed by atoms with Crippen LogP contribution >= 0.6 is 0 Å². The van der Waals surface area contributed by atoms with Crippen LogP contribution in [0.25, 0.3) is 21.9 Å². The van der Waals surface area contributed by atoms with Crippen molar-refractivity contribution in [1.82, 2.24) is 0 Å². The summed E-state index contributed by atoms with van der Waals surface area (Å²) < 4.78 is 0. The van der Waals surface area contributed by atoms with Gasteiger partial charge in [-0.2, -0.15) is 0 Å². The van der Waals surface area contributed by atoms with Gasteiger partial charge in [0, 0.05) is 34.1 Å². The van der Waals surface area contributed by atoms with Gasteiger partial charge in [-0.25, -0.2) is 0 Å². The van der Waals surface area contributed by atoms with Crippen LogP contribution in [0.2, 0.25) is 0 Å². The van der Waals surface area contributed by atoms with E-state index in [0.29, 0.717) is 0 Å². The Morgan fingerprint density at radius 2 is 0.754 bits per heavy atom. The molecule has 2 heteroatoms. The number of aryl methyl sites for hydroxylation is 2. The fraction of sp³-hybridized carbons (Fsp3) is 0.0545. The van der Waals surface area contributed by atoms with Crippen molar-refractivity contribution in [3.8, 4) is 11.1 Å². The van der Waals surface area contributed by atoms with E-state index in [1.54, 1.807) is 0 Å². The minimum absolute atomic E-state index is 0.643. The maximum atomic E-state index is 2.48. The largest absolute Gasteiger partial charge is 0.310 e. The summed E-state index contributed by atoms with van der Waals surface area (Å²) in [7, 11) is 0. The summed E-state index contributed by atoms with van der Waals surface area (Å²) in [5.41, 5.74) is 16.2. The molecule has 0 bridgehead atoms. The van der Waals surface area contributed by atoms with Gasteiger partial charge in [0.15, 0.2) is 0 Å². The number of fused-ring (bicyclic) bond motifs is 5. The predicted molar refractivity (Wildman–Crippen MR) is 240 cm³/mol. The highest BCUT2D eigenvalue weighted by Gasteiger charge is 2.47. The van der Waals surface area contributed by atoms with Gasteiger partial charge >= 0.3 is 0 Å². The van der Waals surface area contributed by atoms with Gasteiger partial charge in [0.2, 0.25) is 0 Å². The van der Waals surface area contributed by atoms with Crippen LogP contribution in [-0.4, -0.2) is 0 Å². The highest BCUT2D eigenvalue weighted by Crippen LogP contribution is 2.59. The highest BCUT2D eigenvalue weighted by molar-refractivity contribution is 6.05. The molecule has 10 rings (SSSR count). The molecule has 0 saturated carbocycles. The first-order chi connectivity index (χ1) is 28.1. The monoisotopic (exact) mass is 730 g/mol. The molecular formula is C55H42N2. The van der Waals surface area contributed by atoms with Crippen LogP contribution in [0.15, 0.2) is 218 Å². The third kappa shape index (κ3) is 5.72. The second-order valence-electron chi connectivity index (χ2n) is 15.1. The Bertz CT molecular complexity index is 2660. The molecule has 0 aliphatic heterocycles. The normalized spacial score (nSPS) is 12.5. The first kappa shape index (κ1) is 34.3. The number of anilines is 6. The average molecular weight is 731 g/mol. The second-order valence-corrected chi connectivity index (χ2v) is 15.1. The first-order valence-electron chi connectivity index (χ1n) is 19.8. The van der Waals surface area contributed by atoms with Gasteiger partial charge in [0.05, 0.1) is 5.41 Å². The number of hydrogen-bond donors (Lipinski definition) is 0.